The number of nitrogens with one attached hydrogen (secondary N) is 1. The number of fused-ring (bicyclic) bond motifs is 5. The SMILES string of the molecule is CN=C(NCCc1c(C)nn(C)c1C)N1CC2C3CCC(O3)C2C1.I. The maximum Gasteiger partial charge on any atom is 0.193 e. The zero-order chi connectivity index (χ0) is 16.8. The van der Waals surface area contributed by atoms with E-state index in [9.17, 15) is 0 Å². The molecule has 4 heterocycles. The number of aromatic nitrogens is 2. The fourth-order valence-corrected chi connectivity index (χ4v) is 4.94. The van der Waals surface area contributed by atoms with Crippen LogP contribution < -0.4 is 5.32 Å². The third-order valence-electron chi connectivity index (χ3n) is 6.28. The zero-order valence-electron chi connectivity index (χ0n) is 15.7. The van der Waals surface area contributed by atoms with Crippen LogP contribution >= 0.6 is 24.0 Å². The maximum absolute atomic E-state index is 6.07. The molecule has 0 aromatic carbocycles. The summed E-state index contributed by atoms with van der Waals surface area (Å²) in [6.07, 6.45) is 4.50. The Kier molecular flexibility index (Phi) is 5.63. The summed E-state index contributed by atoms with van der Waals surface area (Å²) in [6, 6.07) is 0. The van der Waals surface area contributed by atoms with Gasteiger partial charge in [-0.15, -0.1) is 24.0 Å². The molecule has 3 aliphatic heterocycles. The van der Waals surface area contributed by atoms with Crippen LogP contribution in [-0.4, -0.2) is 59.5 Å². The van der Waals surface area contributed by atoms with Crippen molar-refractivity contribution in [1.82, 2.24) is 20.0 Å². The molecule has 0 spiro atoms. The standard InChI is InChI=1S/C18H29N5O.HI/c1-11-13(12(2)22(4)21-11)7-8-20-18(19-3)23-9-14-15(10-23)17-6-5-16(14)24-17;/h14-17H,5-10H2,1-4H3,(H,19,20);1H. The Morgan fingerprint density at radius 2 is 1.88 bits per heavy atom. The Balaban J connectivity index is 0.00000182. The molecule has 25 heavy (non-hydrogen) atoms. The van der Waals surface area contributed by atoms with Crippen LogP contribution in [0.25, 0.3) is 0 Å². The molecule has 1 aromatic heterocycles. The largest absolute Gasteiger partial charge is 0.374 e. The van der Waals surface area contributed by atoms with Gasteiger partial charge in [-0.1, -0.05) is 0 Å². The normalized spacial score (nSPS) is 30.6. The summed E-state index contributed by atoms with van der Waals surface area (Å²) in [7, 11) is 3.90. The van der Waals surface area contributed by atoms with Crippen molar-refractivity contribution in [2.45, 2.75) is 45.3 Å². The molecular formula is C18H30IN5O. The maximum atomic E-state index is 6.07. The lowest BCUT2D eigenvalue weighted by atomic mass is 9.82. The topological polar surface area (TPSA) is 54.7 Å². The molecule has 3 aliphatic rings. The number of hydrogen-bond donors (Lipinski definition) is 1. The van der Waals surface area contributed by atoms with Crippen LogP contribution in [0.5, 0.6) is 0 Å². The number of ether oxygens (including phenoxy) is 1. The van der Waals surface area contributed by atoms with Gasteiger partial charge in [0.25, 0.3) is 0 Å². The van der Waals surface area contributed by atoms with Gasteiger partial charge in [0.1, 0.15) is 0 Å². The lowest BCUT2D eigenvalue weighted by molar-refractivity contribution is 0.0767. The van der Waals surface area contributed by atoms with Crippen molar-refractivity contribution < 1.29 is 4.74 Å². The van der Waals surface area contributed by atoms with Crippen LogP contribution in [0.2, 0.25) is 0 Å². The highest BCUT2D eigenvalue weighted by atomic mass is 127. The molecule has 6 nitrogen and oxygen atoms in total. The predicted molar refractivity (Wildman–Crippen MR) is 110 cm³/mol. The Bertz CT molecular complexity index is 640. The average Bonchev–Trinajstić information content (AvgIpc) is 3.29. The second kappa shape index (κ2) is 7.42. The van der Waals surface area contributed by atoms with E-state index in [1.54, 1.807) is 0 Å². The van der Waals surface area contributed by atoms with Gasteiger partial charge in [0.15, 0.2) is 5.96 Å². The molecule has 0 amide bonds. The van der Waals surface area contributed by atoms with Gasteiger partial charge in [-0.3, -0.25) is 9.67 Å². The Hall–Kier alpha value is -0.830. The summed E-state index contributed by atoms with van der Waals surface area (Å²) in [5.41, 5.74) is 3.75. The van der Waals surface area contributed by atoms with Gasteiger partial charge in [-0.25, -0.2) is 0 Å². The second-order valence-corrected chi connectivity index (χ2v) is 7.52. The number of hydrogen-bond acceptors (Lipinski definition) is 3. The lowest BCUT2D eigenvalue weighted by Crippen LogP contribution is -2.42. The van der Waals surface area contributed by atoms with E-state index < -0.39 is 0 Å². The second-order valence-electron chi connectivity index (χ2n) is 7.52. The van der Waals surface area contributed by atoms with Gasteiger partial charge < -0.3 is 15.0 Å². The highest BCUT2D eigenvalue weighted by Crippen LogP contribution is 2.47. The molecule has 3 fully saturated rings. The molecule has 1 N–H and O–H groups in total. The molecule has 140 valence electrons. The van der Waals surface area contributed by atoms with Crippen LogP contribution in [0.1, 0.15) is 29.8 Å². The molecule has 4 rings (SSSR count). The zero-order valence-corrected chi connectivity index (χ0v) is 18.0. The molecule has 0 radical (unpaired) electrons. The fourth-order valence-electron chi connectivity index (χ4n) is 4.94. The van der Waals surface area contributed by atoms with E-state index in [4.69, 9.17) is 4.74 Å². The summed E-state index contributed by atoms with van der Waals surface area (Å²) in [5, 5.41) is 8.06. The number of aliphatic imine (C=N–C) groups is 1. The molecule has 0 aliphatic carbocycles. The number of aryl methyl sites for hydroxylation is 2. The van der Waals surface area contributed by atoms with Crippen LogP contribution in [0.3, 0.4) is 0 Å². The van der Waals surface area contributed by atoms with Gasteiger partial charge >= 0.3 is 0 Å². The fraction of sp³-hybridized carbons (Fsp3) is 0.778. The van der Waals surface area contributed by atoms with Gasteiger partial charge in [0.2, 0.25) is 0 Å². The van der Waals surface area contributed by atoms with Gasteiger partial charge in [-0.05, 0) is 38.7 Å². The van der Waals surface area contributed by atoms with Crippen molar-refractivity contribution in [2.75, 3.05) is 26.7 Å². The minimum Gasteiger partial charge on any atom is -0.374 e. The molecular weight excluding hydrogens is 429 g/mol. The molecule has 0 saturated carbocycles. The first-order chi connectivity index (χ1) is 11.6. The van der Waals surface area contributed by atoms with E-state index in [2.05, 4.69) is 34.2 Å². The summed E-state index contributed by atoms with van der Waals surface area (Å²) in [6.45, 7) is 7.32. The Morgan fingerprint density at radius 3 is 2.40 bits per heavy atom. The third-order valence-corrected chi connectivity index (χ3v) is 6.28. The minimum absolute atomic E-state index is 0. The number of halogens is 1. The molecule has 4 atom stereocenters. The van der Waals surface area contributed by atoms with Crippen molar-refractivity contribution in [3.63, 3.8) is 0 Å². The summed E-state index contributed by atoms with van der Waals surface area (Å²) in [4.78, 5) is 6.96. The van der Waals surface area contributed by atoms with Crippen molar-refractivity contribution in [1.29, 1.82) is 0 Å². The Labute approximate surface area is 167 Å². The molecule has 1 aromatic rings. The number of guanidine groups is 1. The van der Waals surface area contributed by atoms with Crippen LogP contribution in [0, 0.1) is 25.7 Å². The third kappa shape index (κ3) is 3.29. The van der Waals surface area contributed by atoms with E-state index in [0.717, 1.165) is 37.7 Å². The lowest BCUT2D eigenvalue weighted by Gasteiger charge is -2.23. The first kappa shape index (κ1) is 18.9. The van der Waals surface area contributed by atoms with E-state index in [1.807, 2.05) is 18.8 Å². The Morgan fingerprint density at radius 1 is 1.24 bits per heavy atom. The quantitative estimate of drug-likeness (QED) is 0.426. The van der Waals surface area contributed by atoms with Crippen LogP contribution in [0.4, 0.5) is 0 Å². The predicted octanol–water partition coefficient (Wildman–Crippen LogP) is 1.88. The highest BCUT2D eigenvalue weighted by molar-refractivity contribution is 14.0. The van der Waals surface area contributed by atoms with E-state index in [-0.39, 0.29) is 24.0 Å². The van der Waals surface area contributed by atoms with Crippen molar-refractivity contribution in [3.05, 3.63) is 17.0 Å². The number of nitrogens with zero attached hydrogens (tertiary/aromatic N) is 4. The molecule has 4 unspecified atom stereocenters. The van der Waals surface area contributed by atoms with Crippen LogP contribution in [-0.2, 0) is 18.2 Å². The first-order valence-corrected chi connectivity index (χ1v) is 9.18. The smallest absolute Gasteiger partial charge is 0.193 e. The van der Waals surface area contributed by atoms with Crippen molar-refractivity contribution >= 4 is 29.9 Å². The first-order valence-electron chi connectivity index (χ1n) is 9.18. The van der Waals surface area contributed by atoms with E-state index in [1.165, 1.54) is 24.1 Å². The number of rotatable bonds is 3. The summed E-state index contributed by atoms with van der Waals surface area (Å²) >= 11 is 0. The molecule has 7 heteroatoms. The summed E-state index contributed by atoms with van der Waals surface area (Å²) in [5.74, 6) is 2.47. The minimum atomic E-state index is 0. The average molecular weight is 459 g/mol. The van der Waals surface area contributed by atoms with Crippen molar-refractivity contribution in [2.24, 2.45) is 23.9 Å². The molecule has 3 saturated heterocycles. The van der Waals surface area contributed by atoms with E-state index in [0.29, 0.717) is 24.0 Å². The van der Waals surface area contributed by atoms with Gasteiger partial charge in [0.05, 0.1) is 17.9 Å². The highest BCUT2D eigenvalue weighted by Gasteiger charge is 2.53. The van der Waals surface area contributed by atoms with Crippen molar-refractivity contribution in [3.8, 4) is 0 Å². The van der Waals surface area contributed by atoms with E-state index >= 15 is 0 Å². The monoisotopic (exact) mass is 459 g/mol. The van der Waals surface area contributed by atoms with Gasteiger partial charge in [0, 0.05) is 51.3 Å². The van der Waals surface area contributed by atoms with Crippen LogP contribution in [0.15, 0.2) is 4.99 Å². The number of likely N-dealkylation sites (tertiary alicyclic amines) is 1. The van der Waals surface area contributed by atoms with Gasteiger partial charge in [-0.2, -0.15) is 5.10 Å². The molecule has 2 bridgehead atoms. The summed E-state index contributed by atoms with van der Waals surface area (Å²) < 4.78 is 8.04.